The molecule has 0 spiro atoms. The van der Waals surface area contributed by atoms with E-state index in [0.717, 1.165) is 4.90 Å². The van der Waals surface area contributed by atoms with Gasteiger partial charge in [-0.25, -0.2) is 0 Å². The third kappa shape index (κ3) is 9.39. The standard InChI is InChI=1S/C40H40O5S/c1-6-16-31(17-7-1)26-41-30-36-37(42-27-32-18-8-2-9-19-32)38(43-28-33-20-10-3-11-21-33)39(44-29-34-22-12-4-13-23-34)40(45-36)46-35-24-14-5-15-25-35/h1-25,36-40H,26-30H2/t36-,37-,38+,39-,40?/m1/s1/i26D,27D,28D,29D/t26?,27?,28?,29?,36-,37-,38+,39-,40?. The maximum atomic E-state index is 9.12. The second-order valence-electron chi connectivity index (χ2n) is 10.7. The molecule has 1 aliphatic rings. The van der Waals surface area contributed by atoms with Crippen LogP contribution in [0.3, 0.4) is 0 Å². The van der Waals surface area contributed by atoms with E-state index in [1.165, 1.54) is 11.8 Å². The Balaban J connectivity index is 1.39. The van der Waals surface area contributed by atoms with Gasteiger partial charge in [-0.05, 0) is 34.4 Å². The van der Waals surface area contributed by atoms with Gasteiger partial charge in [-0.1, -0.05) is 151 Å². The van der Waals surface area contributed by atoms with Crippen molar-refractivity contribution in [1.82, 2.24) is 0 Å². The van der Waals surface area contributed by atoms with Crippen LogP contribution in [-0.2, 0) is 50.0 Å². The van der Waals surface area contributed by atoms with Crippen LogP contribution >= 0.6 is 11.8 Å². The van der Waals surface area contributed by atoms with Gasteiger partial charge < -0.3 is 23.7 Å². The Kier molecular flexibility index (Phi) is 10.3. The topological polar surface area (TPSA) is 46.2 Å². The van der Waals surface area contributed by atoms with Gasteiger partial charge in [0.05, 0.1) is 38.4 Å². The number of thioether (sulfide) groups is 1. The van der Waals surface area contributed by atoms with E-state index in [2.05, 4.69) is 0 Å². The first kappa shape index (κ1) is 27.4. The summed E-state index contributed by atoms with van der Waals surface area (Å²) in [7, 11) is 0. The SMILES string of the molecule is [2H]C(OC[C@H]1OC(Sc2ccccc2)[C@H](OC([2H])c2ccccc2)[C@@H](OC([2H])c2ccccc2)[C@@H]1OC([2H])c1ccccc1)c1ccccc1. The molecule has 0 saturated carbocycles. The number of hydrogen-bond donors (Lipinski definition) is 0. The molecule has 6 heteroatoms. The summed E-state index contributed by atoms with van der Waals surface area (Å²) in [6.07, 6.45) is -3.74. The maximum Gasteiger partial charge on any atom is 0.137 e. The lowest BCUT2D eigenvalue weighted by molar-refractivity contribution is -0.254. The lowest BCUT2D eigenvalue weighted by Crippen LogP contribution is -2.60. The van der Waals surface area contributed by atoms with E-state index in [1.54, 1.807) is 0 Å². The van der Waals surface area contributed by atoms with Gasteiger partial charge >= 0.3 is 0 Å². The zero-order chi connectivity index (χ0) is 34.7. The molecule has 1 aliphatic heterocycles. The number of hydrogen-bond acceptors (Lipinski definition) is 6. The fourth-order valence-electron chi connectivity index (χ4n) is 5.04. The van der Waals surface area contributed by atoms with Gasteiger partial charge in [0.1, 0.15) is 29.9 Å². The van der Waals surface area contributed by atoms with Gasteiger partial charge in [0, 0.05) is 4.90 Å². The fraction of sp³-hybridized carbons (Fsp3) is 0.250. The van der Waals surface area contributed by atoms with E-state index in [9.17, 15) is 0 Å². The third-order valence-corrected chi connectivity index (χ3v) is 8.50. The van der Waals surface area contributed by atoms with E-state index in [0.29, 0.717) is 22.3 Å². The molecule has 1 fully saturated rings. The molecule has 0 radical (unpaired) electrons. The Morgan fingerprint density at radius 1 is 0.478 bits per heavy atom. The van der Waals surface area contributed by atoms with Crippen molar-refractivity contribution in [2.75, 3.05) is 6.61 Å². The predicted octanol–water partition coefficient (Wildman–Crippen LogP) is 8.48. The Morgan fingerprint density at radius 3 is 1.35 bits per heavy atom. The summed E-state index contributed by atoms with van der Waals surface area (Å²) in [5.74, 6) is 0. The van der Waals surface area contributed by atoms with E-state index in [1.807, 2.05) is 152 Å². The van der Waals surface area contributed by atoms with Crippen molar-refractivity contribution in [1.29, 1.82) is 0 Å². The van der Waals surface area contributed by atoms with Gasteiger partial charge in [-0.15, -0.1) is 0 Å². The van der Waals surface area contributed by atoms with Gasteiger partial charge in [0.2, 0.25) is 0 Å². The number of rotatable bonds is 15. The third-order valence-electron chi connectivity index (χ3n) is 7.35. The van der Waals surface area contributed by atoms with Crippen LogP contribution in [0.15, 0.2) is 157 Å². The molecular formula is C40H40O5S. The average molecular weight is 637 g/mol. The van der Waals surface area contributed by atoms with Crippen molar-refractivity contribution >= 4 is 11.8 Å². The quantitative estimate of drug-likeness (QED) is 0.115. The highest BCUT2D eigenvalue weighted by Gasteiger charge is 2.48. The summed E-state index contributed by atoms with van der Waals surface area (Å²) in [6, 6.07) is 46.6. The molecule has 0 amide bonds. The van der Waals surface area contributed by atoms with Gasteiger partial charge in [0.15, 0.2) is 0 Å². The lowest BCUT2D eigenvalue weighted by Gasteiger charge is -2.46. The molecule has 5 nitrogen and oxygen atoms in total. The highest BCUT2D eigenvalue weighted by molar-refractivity contribution is 7.99. The molecule has 5 unspecified atom stereocenters. The van der Waals surface area contributed by atoms with Crippen molar-refractivity contribution in [3.8, 4) is 0 Å². The van der Waals surface area contributed by atoms with Crippen LogP contribution in [0.25, 0.3) is 0 Å². The van der Waals surface area contributed by atoms with Crippen molar-refractivity contribution in [3.05, 3.63) is 174 Å². The van der Waals surface area contributed by atoms with E-state index in [4.69, 9.17) is 29.2 Å². The molecule has 0 N–H and O–H groups in total. The molecule has 46 heavy (non-hydrogen) atoms. The zero-order valence-electron chi connectivity index (χ0n) is 29.3. The minimum Gasteiger partial charge on any atom is -0.374 e. The molecular weight excluding hydrogens is 593 g/mol. The molecule has 9 atom stereocenters. The Morgan fingerprint density at radius 2 is 0.870 bits per heavy atom. The predicted molar refractivity (Wildman–Crippen MR) is 182 cm³/mol. The molecule has 1 saturated heterocycles. The number of benzene rings is 5. The van der Waals surface area contributed by atoms with E-state index < -0.39 is 56.2 Å². The Hall–Kier alpha value is -3.75. The molecule has 0 aromatic heterocycles. The summed E-state index contributed by atoms with van der Waals surface area (Å²) >= 11 is 1.41. The largest absolute Gasteiger partial charge is 0.374 e. The smallest absolute Gasteiger partial charge is 0.137 e. The van der Waals surface area contributed by atoms with Crippen molar-refractivity contribution in [2.24, 2.45) is 0 Å². The highest BCUT2D eigenvalue weighted by atomic mass is 32.2. The summed E-state index contributed by atoms with van der Waals surface area (Å²) in [5, 5.41) is 0. The molecule has 6 rings (SSSR count). The van der Waals surface area contributed by atoms with Gasteiger partial charge in [-0.2, -0.15) is 0 Å². The van der Waals surface area contributed by atoms with Crippen LogP contribution in [0.2, 0.25) is 0 Å². The number of ether oxygens (including phenoxy) is 5. The summed E-state index contributed by atoms with van der Waals surface area (Å²) in [5.41, 5.74) is 1.84. The van der Waals surface area contributed by atoms with Crippen LogP contribution in [0.1, 0.15) is 27.7 Å². The summed E-state index contributed by atoms with van der Waals surface area (Å²) in [4.78, 5) is 0.904. The van der Waals surface area contributed by atoms with E-state index >= 15 is 0 Å². The van der Waals surface area contributed by atoms with Gasteiger partial charge in [0.25, 0.3) is 0 Å². The molecule has 236 valence electrons. The maximum absolute atomic E-state index is 9.12. The summed E-state index contributed by atoms with van der Waals surface area (Å²) < 4.78 is 68.6. The minimum atomic E-state index is -1.14. The first-order valence-electron chi connectivity index (χ1n) is 17.6. The van der Waals surface area contributed by atoms with Crippen LogP contribution < -0.4 is 0 Å². The Bertz CT molecular complexity index is 1690. The lowest BCUT2D eigenvalue weighted by atomic mass is 9.98. The minimum absolute atomic E-state index is 0.0648. The second kappa shape index (κ2) is 17.2. The molecule has 1 heterocycles. The second-order valence-corrected chi connectivity index (χ2v) is 11.9. The monoisotopic (exact) mass is 636 g/mol. The first-order chi connectivity index (χ1) is 24.5. The molecule has 5 aromatic rings. The first-order valence-corrected chi connectivity index (χ1v) is 16.2. The van der Waals surface area contributed by atoms with Crippen LogP contribution in [0, 0.1) is 0 Å². The molecule has 5 aromatic carbocycles. The fourth-order valence-corrected chi connectivity index (χ4v) is 6.18. The highest BCUT2D eigenvalue weighted by Crippen LogP contribution is 2.38. The molecule has 0 bridgehead atoms. The van der Waals surface area contributed by atoms with Crippen LogP contribution in [-0.4, -0.2) is 36.5 Å². The van der Waals surface area contributed by atoms with Crippen molar-refractivity contribution < 1.29 is 29.2 Å². The zero-order valence-corrected chi connectivity index (χ0v) is 26.1. The van der Waals surface area contributed by atoms with Crippen molar-refractivity contribution in [2.45, 2.75) is 61.1 Å². The van der Waals surface area contributed by atoms with Crippen molar-refractivity contribution in [3.63, 3.8) is 0 Å². The van der Waals surface area contributed by atoms with E-state index in [-0.39, 0.29) is 6.61 Å². The van der Waals surface area contributed by atoms with Crippen LogP contribution in [0.4, 0.5) is 0 Å². The van der Waals surface area contributed by atoms with Crippen LogP contribution in [0.5, 0.6) is 0 Å². The summed E-state index contributed by atoms with van der Waals surface area (Å²) in [6.45, 7) is -4.46. The Labute approximate surface area is 282 Å². The van der Waals surface area contributed by atoms with Gasteiger partial charge in [-0.3, -0.25) is 0 Å². The average Bonchev–Trinajstić information content (AvgIpc) is 3.17. The molecule has 0 aliphatic carbocycles. The normalized spacial score (nSPS) is 25.2.